The number of benzene rings is 1. The van der Waals surface area contributed by atoms with Crippen LogP contribution >= 0.6 is 0 Å². The molecule has 1 amide bonds. The van der Waals surface area contributed by atoms with Crippen molar-refractivity contribution in [2.75, 3.05) is 17.7 Å². The highest BCUT2D eigenvalue weighted by atomic mass is 16.2. The van der Waals surface area contributed by atoms with Gasteiger partial charge in [-0.2, -0.15) is 0 Å². The molecule has 0 aliphatic carbocycles. The molecule has 3 heteroatoms. The van der Waals surface area contributed by atoms with Crippen molar-refractivity contribution in [2.45, 2.75) is 40.5 Å². The van der Waals surface area contributed by atoms with E-state index in [0.717, 1.165) is 12.1 Å². The molecule has 0 bridgehead atoms. The van der Waals surface area contributed by atoms with Crippen LogP contribution in [0.4, 0.5) is 11.4 Å². The molecule has 0 heterocycles. The quantitative estimate of drug-likeness (QED) is 0.841. The summed E-state index contributed by atoms with van der Waals surface area (Å²) < 4.78 is 0. The summed E-state index contributed by atoms with van der Waals surface area (Å²) in [6.07, 6.45) is 1.63. The van der Waals surface area contributed by atoms with Gasteiger partial charge in [-0.1, -0.05) is 27.7 Å². The van der Waals surface area contributed by atoms with Crippen LogP contribution in [0.2, 0.25) is 0 Å². The number of rotatable bonds is 4. The highest BCUT2D eigenvalue weighted by molar-refractivity contribution is 5.93. The van der Waals surface area contributed by atoms with E-state index in [1.54, 1.807) is 4.90 Å². The van der Waals surface area contributed by atoms with Gasteiger partial charge in [0.25, 0.3) is 0 Å². The van der Waals surface area contributed by atoms with Crippen LogP contribution in [-0.4, -0.2) is 13.0 Å². The standard InChI is InChI=1S/C16H26N2O/c1-12(11-16(2,3)4)10-15(19)18(5)14-8-6-13(17)7-9-14/h6-9,12H,10-11,17H2,1-5H3. The number of carbonyl (C=O) groups excluding carboxylic acids is 1. The van der Waals surface area contributed by atoms with E-state index in [1.807, 2.05) is 31.3 Å². The average Bonchev–Trinajstić information content (AvgIpc) is 2.26. The van der Waals surface area contributed by atoms with Gasteiger partial charge in [0, 0.05) is 24.8 Å². The minimum atomic E-state index is 0.154. The maximum atomic E-state index is 12.2. The Bertz CT molecular complexity index is 417. The smallest absolute Gasteiger partial charge is 0.226 e. The lowest BCUT2D eigenvalue weighted by molar-refractivity contribution is -0.119. The van der Waals surface area contributed by atoms with Crippen LogP contribution in [0.15, 0.2) is 24.3 Å². The van der Waals surface area contributed by atoms with Crippen molar-refractivity contribution < 1.29 is 4.79 Å². The van der Waals surface area contributed by atoms with Crippen LogP contribution in [-0.2, 0) is 4.79 Å². The Hall–Kier alpha value is -1.51. The van der Waals surface area contributed by atoms with Crippen LogP contribution in [0.25, 0.3) is 0 Å². The van der Waals surface area contributed by atoms with E-state index in [9.17, 15) is 4.79 Å². The second kappa shape index (κ2) is 6.09. The lowest BCUT2D eigenvalue weighted by Crippen LogP contribution is -2.28. The molecule has 3 nitrogen and oxygen atoms in total. The molecular formula is C16H26N2O. The van der Waals surface area contributed by atoms with Gasteiger partial charge in [-0.3, -0.25) is 4.79 Å². The van der Waals surface area contributed by atoms with Crippen molar-refractivity contribution in [3.63, 3.8) is 0 Å². The van der Waals surface area contributed by atoms with E-state index >= 15 is 0 Å². The first-order chi connectivity index (χ1) is 8.69. The van der Waals surface area contributed by atoms with E-state index in [1.165, 1.54) is 0 Å². The summed E-state index contributed by atoms with van der Waals surface area (Å²) in [6.45, 7) is 8.76. The summed E-state index contributed by atoms with van der Waals surface area (Å²) in [5.74, 6) is 0.547. The summed E-state index contributed by atoms with van der Waals surface area (Å²) in [7, 11) is 1.82. The van der Waals surface area contributed by atoms with Crippen molar-refractivity contribution in [3.8, 4) is 0 Å². The van der Waals surface area contributed by atoms with Crippen LogP contribution in [0.1, 0.15) is 40.5 Å². The molecule has 1 atom stereocenters. The molecule has 1 aromatic carbocycles. The molecule has 0 spiro atoms. The Kier molecular flexibility index (Phi) is 4.98. The number of hydrogen-bond acceptors (Lipinski definition) is 2. The third-order valence-corrected chi connectivity index (χ3v) is 3.14. The van der Waals surface area contributed by atoms with Crippen molar-refractivity contribution >= 4 is 17.3 Å². The number of hydrogen-bond donors (Lipinski definition) is 1. The Morgan fingerprint density at radius 1 is 1.26 bits per heavy atom. The second-order valence-electron chi connectivity index (χ2n) is 6.62. The van der Waals surface area contributed by atoms with Gasteiger partial charge >= 0.3 is 0 Å². The predicted octanol–water partition coefficient (Wildman–Crippen LogP) is 3.69. The van der Waals surface area contributed by atoms with E-state index in [4.69, 9.17) is 5.73 Å². The normalized spacial score (nSPS) is 13.1. The summed E-state index contributed by atoms with van der Waals surface area (Å²) in [5, 5.41) is 0. The molecular weight excluding hydrogens is 236 g/mol. The first-order valence-corrected chi connectivity index (χ1v) is 6.81. The monoisotopic (exact) mass is 262 g/mol. The summed E-state index contributed by atoms with van der Waals surface area (Å²) in [6, 6.07) is 7.39. The Labute approximate surface area is 116 Å². The third kappa shape index (κ3) is 5.33. The van der Waals surface area contributed by atoms with Crippen molar-refractivity contribution in [3.05, 3.63) is 24.3 Å². The lowest BCUT2D eigenvalue weighted by atomic mass is 9.84. The number of carbonyl (C=O) groups is 1. The molecule has 1 rings (SSSR count). The SMILES string of the molecule is CC(CC(=O)N(C)c1ccc(N)cc1)CC(C)(C)C. The van der Waals surface area contributed by atoms with Crippen molar-refractivity contribution in [2.24, 2.45) is 11.3 Å². The van der Waals surface area contributed by atoms with Crippen molar-refractivity contribution in [1.82, 2.24) is 0 Å². The zero-order valence-corrected chi connectivity index (χ0v) is 12.7. The topological polar surface area (TPSA) is 46.3 Å². The van der Waals surface area contributed by atoms with Crippen LogP contribution in [0, 0.1) is 11.3 Å². The summed E-state index contributed by atoms with van der Waals surface area (Å²) in [5.41, 5.74) is 7.52. The number of amides is 1. The number of nitrogens with zero attached hydrogens (tertiary/aromatic N) is 1. The van der Waals surface area contributed by atoms with E-state index in [-0.39, 0.29) is 11.3 Å². The van der Waals surface area contributed by atoms with Gasteiger partial charge in [-0.15, -0.1) is 0 Å². The number of nitrogen functional groups attached to an aromatic ring is 1. The molecule has 1 aromatic rings. The number of nitrogens with two attached hydrogens (primary N) is 1. The van der Waals surface area contributed by atoms with Gasteiger partial charge in [0.1, 0.15) is 0 Å². The molecule has 0 aromatic heterocycles. The average molecular weight is 262 g/mol. The highest BCUT2D eigenvalue weighted by Crippen LogP contribution is 2.27. The minimum Gasteiger partial charge on any atom is -0.399 e. The zero-order valence-electron chi connectivity index (χ0n) is 12.7. The summed E-state index contributed by atoms with van der Waals surface area (Å²) in [4.78, 5) is 13.9. The van der Waals surface area contributed by atoms with Gasteiger partial charge in [-0.25, -0.2) is 0 Å². The van der Waals surface area contributed by atoms with Crippen LogP contribution in [0.5, 0.6) is 0 Å². The number of anilines is 2. The Morgan fingerprint density at radius 2 is 1.79 bits per heavy atom. The molecule has 0 aliphatic heterocycles. The molecule has 1 unspecified atom stereocenters. The maximum absolute atomic E-state index is 12.2. The van der Waals surface area contributed by atoms with Crippen molar-refractivity contribution in [1.29, 1.82) is 0 Å². The summed E-state index contributed by atoms with van der Waals surface area (Å²) >= 11 is 0. The van der Waals surface area contributed by atoms with Crippen LogP contribution < -0.4 is 10.6 Å². The first kappa shape index (κ1) is 15.5. The van der Waals surface area contributed by atoms with E-state index < -0.39 is 0 Å². The molecule has 0 saturated carbocycles. The third-order valence-electron chi connectivity index (χ3n) is 3.14. The van der Waals surface area contributed by atoms with E-state index in [2.05, 4.69) is 27.7 Å². The molecule has 2 N–H and O–H groups in total. The predicted molar refractivity (Wildman–Crippen MR) is 82.1 cm³/mol. The van der Waals surface area contributed by atoms with Crippen LogP contribution in [0.3, 0.4) is 0 Å². The Balaban J connectivity index is 2.60. The maximum Gasteiger partial charge on any atom is 0.226 e. The molecule has 19 heavy (non-hydrogen) atoms. The van der Waals surface area contributed by atoms with E-state index in [0.29, 0.717) is 18.0 Å². The fraction of sp³-hybridized carbons (Fsp3) is 0.562. The van der Waals surface area contributed by atoms with Gasteiger partial charge in [0.2, 0.25) is 5.91 Å². The fourth-order valence-electron chi connectivity index (χ4n) is 2.39. The van der Waals surface area contributed by atoms with Gasteiger partial charge in [0.05, 0.1) is 0 Å². The molecule has 0 aliphatic rings. The fourth-order valence-corrected chi connectivity index (χ4v) is 2.39. The molecule has 0 saturated heterocycles. The highest BCUT2D eigenvalue weighted by Gasteiger charge is 2.20. The molecule has 0 fully saturated rings. The lowest BCUT2D eigenvalue weighted by Gasteiger charge is -2.25. The molecule has 0 radical (unpaired) electrons. The van der Waals surface area contributed by atoms with Gasteiger partial charge < -0.3 is 10.6 Å². The zero-order chi connectivity index (χ0) is 14.6. The Morgan fingerprint density at radius 3 is 2.26 bits per heavy atom. The second-order valence-corrected chi connectivity index (χ2v) is 6.62. The molecule has 106 valence electrons. The largest absolute Gasteiger partial charge is 0.399 e. The van der Waals surface area contributed by atoms with Gasteiger partial charge in [-0.05, 0) is 42.0 Å². The van der Waals surface area contributed by atoms with Gasteiger partial charge in [0.15, 0.2) is 0 Å². The minimum absolute atomic E-state index is 0.154. The first-order valence-electron chi connectivity index (χ1n) is 6.81.